The summed E-state index contributed by atoms with van der Waals surface area (Å²) in [5, 5.41) is 10.9. The van der Waals surface area contributed by atoms with Gasteiger partial charge in [-0.1, -0.05) is 51.5 Å². The van der Waals surface area contributed by atoms with Crippen LogP contribution in [0, 0.1) is 23.2 Å². The van der Waals surface area contributed by atoms with E-state index in [0.717, 1.165) is 63.5 Å². The van der Waals surface area contributed by atoms with E-state index in [4.69, 9.17) is 4.74 Å². The molecule has 0 heterocycles. The van der Waals surface area contributed by atoms with E-state index in [1.807, 2.05) is 0 Å². The van der Waals surface area contributed by atoms with Crippen LogP contribution in [0.25, 0.3) is 0 Å². The average molecular weight is 621 g/mol. The van der Waals surface area contributed by atoms with Gasteiger partial charge >= 0.3 is 12.1 Å². The molecule has 0 spiro atoms. The van der Waals surface area contributed by atoms with Crippen molar-refractivity contribution in [3.63, 3.8) is 0 Å². The van der Waals surface area contributed by atoms with Crippen molar-refractivity contribution in [3.8, 4) is 5.75 Å². The number of alkyl halides is 5. The van der Waals surface area contributed by atoms with Crippen molar-refractivity contribution < 1.29 is 36.0 Å². The molecule has 7 atom stereocenters. The van der Waals surface area contributed by atoms with E-state index in [-0.39, 0.29) is 23.7 Å². The zero-order chi connectivity index (χ0) is 30.5. The third kappa shape index (κ3) is 7.70. The minimum absolute atomic E-state index is 0.0429. The highest BCUT2D eigenvalue weighted by Crippen LogP contribution is 2.62. The zero-order valence-corrected chi connectivity index (χ0v) is 26.0. The van der Waals surface area contributed by atoms with Crippen molar-refractivity contribution in [2.75, 3.05) is 18.6 Å². The van der Waals surface area contributed by atoms with Crippen molar-refractivity contribution in [3.05, 3.63) is 29.3 Å². The predicted octanol–water partition coefficient (Wildman–Crippen LogP) is 8.99. The molecule has 240 valence electrons. The van der Waals surface area contributed by atoms with Gasteiger partial charge in [-0.3, -0.25) is 4.21 Å². The van der Waals surface area contributed by atoms with Gasteiger partial charge in [-0.15, -0.1) is 0 Å². The maximum Gasteiger partial charge on any atom is 0.453 e. The molecule has 1 N–H and O–H groups in total. The first-order valence-electron chi connectivity index (χ1n) is 16.0. The fourth-order valence-corrected chi connectivity index (χ4v) is 9.60. The molecule has 9 heteroatoms. The van der Waals surface area contributed by atoms with Crippen LogP contribution < -0.4 is 4.74 Å². The fourth-order valence-electron chi connectivity index (χ4n) is 8.40. The molecule has 3 aliphatic carbocycles. The highest BCUT2D eigenvalue weighted by atomic mass is 32.2. The monoisotopic (exact) mass is 620 g/mol. The van der Waals surface area contributed by atoms with Crippen molar-refractivity contribution >= 4 is 10.8 Å². The molecular formula is C33H49F5O3S. The Morgan fingerprint density at radius 1 is 0.952 bits per heavy atom. The van der Waals surface area contributed by atoms with Crippen LogP contribution in [0.4, 0.5) is 22.0 Å². The van der Waals surface area contributed by atoms with Gasteiger partial charge in [0.05, 0.1) is 13.2 Å². The largest absolute Gasteiger partial charge is 0.497 e. The normalized spacial score (nSPS) is 30.0. The second kappa shape index (κ2) is 14.3. The molecule has 3 nitrogen and oxygen atoms in total. The standard InChI is InChI=1S/C33H49F5O3S/c1-31-18-16-27-26-13-12-25(41-2)22-24(26)21-23(30(27)28(31)14-15-29(31)39)11-8-6-4-3-5-7-9-19-42(40)20-10-17-32(34,35)33(36,37)38/h12-13,22-23,27-30,39H,3-11,14-21H2,1-2H3/t23-,27?,28?,29?,30?,31+,42?/m1/s1. The van der Waals surface area contributed by atoms with Crippen LogP contribution in [0.15, 0.2) is 18.2 Å². The fraction of sp³-hybridized carbons (Fsp3) is 0.818. The quantitative estimate of drug-likeness (QED) is 0.157. The van der Waals surface area contributed by atoms with Gasteiger partial charge in [-0.2, -0.15) is 22.0 Å². The Hall–Kier alpha value is -1.22. The first kappa shape index (κ1) is 33.7. The van der Waals surface area contributed by atoms with Crippen molar-refractivity contribution in [1.82, 2.24) is 0 Å². The molecule has 0 bridgehead atoms. The summed E-state index contributed by atoms with van der Waals surface area (Å²) >= 11 is 0. The molecule has 2 fully saturated rings. The van der Waals surface area contributed by atoms with Gasteiger partial charge in [0.15, 0.2) is 0 Å². The minimum atomic E-state index is -5.54. The molecule has 0 amide bonds. The number of aliphatic hydroxyl groups excluding tert-OH is 1. The predicted molar refractivity (Wildman–Crippen MR) is 158 cm³/mol. The summed E-state index contributed by atoms with van der Waals surface area (Å²) in [6.07, 6.45) is 6.39. The molecule has 0 radical (unpaired) electrons. The van der Waals surface area contributed by atoms with E-state index in [1.165, 1.54) is 30.4 Å². The van der Waals surface area contributed by atoms with Crippen LogP contribution in [0.3, 0.4) is 0 Å². The third-order valence-electron chi connectivity index (χ3n) is 10.8. The molecule has 1 aromatic carbocycles. The lowest BCUT2D eigenvalue weighted by Gasteiger charge is -2.53. The van der Waals surface area contributed by atoms with E-state index in [9.17, 15) is 31.3 Å². The number of ether oxygens (including phenoxy) is 1. The number of benzene rings is 1. The van der Waals surface area contributed by atoms with Gasteiger partial charge in [0.1, 0.15) is 5.75 Å². The molecule has 0 saturated heterocycles. The van der Waals surface area contributed by atoms with Gasteiger partial charge in [0.25, 0.3) is 0 Å². The average Bonchev–Trinajstić information content (AvgIpc) is 3.24. The van der Waals surface area contributed by atoms with Crippen LogP contribution in [-0.2, 0) is 17.2 Å². The number of fused-ring (bicyclic) bond motifs is 5. The summed E-state index contributed by atoms with van der Waals surface area (Å²) in [6, 6.07) is 6.63. The van der Waals surface area contributed by atoms with Crippen LogP contribution in [0.5, 0.6) is 5.75 Å². The van der Waals surface area contributed by atoms with E-state index >= 15 is 0 Å². The Morgan fingerprint density at radius 3 is 2.31 bits per heavy atom. The van der Waals surface area contributed by atoms with Gasteiger partial charge in [0, 0.05) is 28.7 Å². The number of methoxy groups -OCH3 is 1. The zero-order valence-electron chi connectivity index (χ0n) is 25.2. The van der Waals surface area contributed by atoms with E-state index in [2.05, 4.69) is 25.1 Å². The minimum Gasteiger partial charge on any atom is -0.497 e. The summed E-state index contributed by atoms with van der Waals surface area (Å²) in [5.41, 5.74) is 2.98. The van der Waals surface area contributed by atoms with Crippen molar-refractivity contribution in [1.29, 1.82) is 0 Å². The molecule has 0 aromatic heterocycles. The molecule has 42 heavy (non-hydrogen) atoms. The molecule has 5 unspecified atom stereocenters. The number of hydrogen-bond donors (Lipinski definition) is 1. The second-order valence-corrected chi connectivity index (χ2v) is 15.1. The van der Waals surface area contributed by atoms with Crippen LogP contribution in [0.1, 0.15) is 114 Å². The first-order chi connectivity index (χ1) is 19.9. The summed E-state index contributed by atoms with van der Waals surface area (Å²) in [6.45, 7) is 2.33. The molecule has 4 rings (SSSR count). The summed E-state index contributed by atoms with van der Waals surface area (Å²) in [4.78, 5) is 0. The maximum atomic E-state index is 13.0. The topological polar surface area (TPSA) is 46.5 Å². The highest BCUT2D eigenvalue weighted by molar-refractivity contribution is 7.84. The second-order valence-electron chi connectivity index (χ2n) is 13.4. The van der Waals surface area contributed by atoms with Crippen LogP contribution in [-0.4, -0.2) is 46.1 Å². The molecule has 0 aliphatic heterocycles. The smallest absolute Gasteiger partial charge is 0.453 e. The summed E-state index contributed by atoms with van der Waals surface area (Å²) in [7, 11) is 0.377. The van der Waals surface area contributed by atoms with Gasteiger partial charge in [0.2, 0.25) is 0 Å². The summed E-state index contributed by atoms with van der Waals surface area (Å²) in [5.74, 6) is -1.12. The van der Waals surface area contributed by atoms with E-state index < -0.39 is 29.3 Å². The van der Waals surface area contributed by atoms with Crippen LogP contribution >= 0.6 is 0 Å². The lowest BCUT2D eigenvalue weighted by Crippen LogP contribution is -2.47. The van der Waals surface area contributed by atoms with E-state index in [0.29, 0.717) is 35.8 Å². The number of halogens is 5. The Bertz CT molecular complexity index is 1050. The molecule has 3 aliphatic rings. The van der Waals surface area contributed by atoms with Gasteiger partial charge < -0.3 is 9.84 Å². The first-order valence-corrected chi connectivity index (χ1v) is 17.5. The number of aliphatic hydroxyl groups is 1. The Labute approximate surface area is 250 Å². The van der Waals surface area contributed by atoms with E-state index in [1.54, 1.807) is 7.11 Å². The van der Waals surface area contributed by atoms with Crippen molar-refractivity contribution in [2.45, 2.75) is 127 Å². The molecule has 2 saturated carbocycles. The van der Waals surface area contributed by atoms with Gasteiger partial charge in [-0.25, -0.2) is 0 Å². The number of hydrogen-bond acceptors (Lipinski definition) is 3. The third-order valence-corrected chi connectivity index (χ3v) is 12.3. The number of rotatable bonds is 15. The Kier molecular flexibility index (Phi) is 11.4. The summed E-state index contributed by atoms with van der Waals surface area (Å²) < 4.78 is 80.2. The molecule has 1 aromatic rings. The van der Waals surface area contributed by atoms with Gasteiger partial charge in [-0.05, 0) is 104 Å². The maximum absolute atomic E-state index is 13.0. The number of unbranched alkanes of at least 4 members (excludes halogenated alkanes) is 6. The molecular weight excluding hydrogens is 571 g/mol. The lowest BCUT2D eigenvalue weighted by molar-refractivity contribution is -0.284. The highest BCUT2D eigenvalue weighted by Gasteiger charge is 2.57. The van der Waals surface area contributed by atoms with Crippen LogP contribution in [0.2, 0.25) is 0 Å². The lowest BCUT2D eigenvalue weighted by atomic mass is 9.52. The SMILES string of the molecule is COc1ccc2c(c1)C[C@@H](CCCCCCCCCS(=O)CCCC(F)(F)C(F)(F)F)C1C2CC[C@]2(C)C(O)CCC12. The Balaban J connectivity index is 1.17. The Morgan fingerprint density at radius 2 is 1.62 bits per heavy atom. The van der Waals surface area contributed by atoms with Crippen molar-refractivity contribution in [2.24, 2.45) is 23.2 Å².